The molecule has 2 N–H and O–H groups in total. The van der Waals surface area contributed by atoms with Crippen LogP contribution in [0.1, 0.15) is 11.1 Å². The van der Waals surface area contributed by atoms with Crippen LogP contribution in [0.5, 0.6) is 0 Å². The number of nitrogens with two attached hydrogens (primary N) is 1. The molecule has 4 rings (SSSR count). The lowest BCUT2D eigenvalue weighted by atomic mass is 9.87. The summed E-state index contributed by atoms with van der Waals surface area (Å²) in [6.07, 6.45) is 1.92. The van der Waals surface area contributed by atoms with Gasteiger partial charge in [0.25, 0.3) is 0 Å². The average Bonchev–Trinajstić information content (AvgIpc) is 2.55. The van der Waals surface area contributed by atoms with Crippen LogP contribution < -0.4 is 5.73 Å². The molecule has 1 aromatic heterocycles. The Kier molecular flexibility index (Phi) is 3.09. The van der Waals surface area contributed by atoms with Crippen LogP contribution in [0.3, 0.4) is 0 Å². The lowest BCUT2D eigenvalue weighted by Gasteiger charge is -2.21. The van der Waals surface area contributed by atoms with Gasteiger partial charge in [-0.15, -0.1) is 0 Å². The molecule has 0 amide bonds. The van der Waals surface area contributed by atoms with E-state index in [1.54, 1.807) is 0 Å². The van der Waals surface area contributed by atoms with Crippen LogP contribution in [0.15, 0.2) is 48.5 Å². The van der Waals surface area contributed by atoms with Crippen molar-refractivity contribution < 1.29 is 0 Å². The molecule has 0 spiro atoms. The summed E-state index contributed by atoms with van der Waals surface area (Å²) < 4.78 is 0. The van der Waals surface area contributed by atoms with Gasteiger partial charge in [-0.2, -0.15) is 0 Å². The first-order valence-electron chi connectivity index (χ1n) is 7.23. The summed E-state index contributed by atoms with van der Waals surface area (Å²) in [4.78, 5) is 8.98. The van der Waals surface area contributed by atoms with Gasteiger partial charge in [0.1, 0.15) is 0 Å². The number of hydrogen-bond acceptors (Lipinski definition) is 3. The van der Waals surface area contributed by atoms with E-state index >= 15 is 0 Å². The topological polar surface area (TPSA) is 51.8 Å². The highest BCUT2D eigenvalue weighted by molar-refractivity contribution is 6.30. The molecule has 0 saturated carbocycles. The molecule has 1 heterocycles. The lowest BCUT2D eigenvalue weighted by Crippen LogP contribution is -2.11. The van der Waals surface area contributed by atoms with Crippen molar-refractivity contribution in [3.05, 3.63) is 64.7 Å². The molecule has 3 aromatic rings. The van der Waals surface area contributed by atoms with Crippen LogP contribution in [0.25, 0.3) is 22.5 Å². The van der Waals surface area contributed by atoms with Crippen LogP contribution >= 0.6 is 11.6 Å². The molecule has 3 nitrogen and oxygen atoms in total. The Morgan fingerprint density at radius 2 is 1.59 bits per heavy atom. The second kappa shape index (κ2) is 5.11. The molecule has 0 unspecified atom stereocenters. The first kappa shape index (κ1) is 13.3. The third kappa shape index (κ3) is 2.14. The highest BCUT2D eigenvalue weighted by Gasteiger charge is 2.22. The Morgan fingerprint density at radius 1 is 0.864 bits per heavy atom. The third-order valence-electron chi connectivity index (χ3n) is 4.06. The van der Waals surface area contributed by atoms with Crippen molar-refractivity contribution in [2.24, 2.45) is 0 Å². The van der Waals surface area contributed by atoms with Crippen molar-refractivity contribution in [3.8, 4) is 22.5 Å². The lowest BCUT2D eigenvalue weighted by molar-refractivity contribution is 0.917. The van der Waals surface area contributed by atoms with Gasteiger partial charge in [0.05, 0.1) is 11.4 Å². The number of hydrogen-bond donors (Lipinski definition) is 1. The van der Waals surface area contributed by atoms with Gasteiger partial charge in [-0.05, 0) is 30.5 Å². The Bertz CT molecular complexity index is 857. The second-order valence-corrected chi connectivity index (χ2v) is 5.86. The van der Waals surface area contributed by atoms with E-state index in [-0.39, 0.29) is 0 Å². The minimum atomic E-state index is 0.306. The fraction of sp³-hybridized carbons (Fsp3) is 0.111. The Balaban J connectivity index is 1.96. The average molecular weight is 308 g/mol. The summed E-state index contributed by atoms with van der Waals surface area (Å²) in [5, 5.41) is 0.713. The molecular formula is C18H14ClN3. The number of aromatic nitrogens is 2. The number of halogens is 1. The van der Waals surface area contributed by atoms with Crippen molar-refractivity contribution in [1.82, 2.24) is 9.97 Å². The normalized spacial score (nSPS) is 12.6. The van der Waals surface area contributed by atoms with E-state index in [0.29, 0.717) is 11.0 Å². The highest BCUT2D eigenvalue weighted by atomic mass is 35.5. The summed E-state index contributed by atoms with van der Waals surface area (Å²) in [6.45, 7) is 0. The second-order valence-electron chi connectivity index (χ2n) is 5.42. The van der Waals surface area contributed by atoms with Crippen LogP contribution in [0.4, 0.5) is 5.95 Å². The van der Waals surface area contributed by atoms with Crippen molar-refractivity contribution >= 4 is 17.5 Å². The van der Waals surface area contributed by atoms with Gasteiger partial charge in [0, 0.05) is 21.7 Å². The van der Waals surface area contributed by atoms with Crippen LogP contribution in [0, 0.1) is 0 Å². The van der Waals surface area contributed by atoms with Gasteiger partial charge < -0.3 is 5.73 Å². The molecule has 0 radical (unpaired) electrons. The van der Waals surface area contributed by atoms with Gasteiger partial charge in [0.2, 0.25) is 5.95 Å². The van der Waals surface area contributed by atoms with E-state index in [2.05, 4.69) is 28.2 Å². The summed E-state index contributed by atoms with van der Waals surface area (Å²) in [6, 6.07) is 16.1. The summed E-state index contributed by atoms with van der Waals surface area (Å²) >= 11 is 5.98. The molecule has 1 aliphatic carbocycles. The molecule has 2 aromatic carbocycles. The maximum Gasteiger partial charge on any atom is 0.221 e. The Morgan fingerprint density at radius 3 is 2.41 bits per heavy atom. The molecule has 108 valence electrons. The highest BCUT2D eigenvalue weighted by Crippen LogP contribution is 2.37. The standard InChI is InChI=1S/C18H14ClN3/c19-13-8-5-12(6-9-13)16-15-10-7-11-3-1-2-4-14(11)17(15)22-18(20)21-16/h1-6,8-9H,7,10H2,(H2,20,21,22). The predicted molar refractivity (Wildman–Crippen MR) is 89.7 cm³/mol. The minimum Gasteiger partial charge on any atom is -0.368 e. The van der Waals surface area contributed by atoms with E-state index in [4.69, 9.17) is 17.3 Å². The molecule has 0 saturated heterocycles. The number of benzene rings is 2. The maximum absolute atomic E-state index is 5.98. The van der Waals surface area contributed by atoms with Crippen LogP contribution in [0.2, 0.25) is 5.02 Å². The molecule has 1 aliphatic rings. The number of aryl methyl sites for hydroxylation is 1. The largest absolute Gasteiger partial charge is 0.368 e. The summed E-state index contributed by atoms with van der Waals surface area (Å²) in [7, 11) is 0. The number of fused-ring (bicyclic) bond motifs is 3. The zero-order valence-corrected chi connectivity index (χ0v) is 12.6. The predicted octanol–water partition coefficient (Wildman–Crippen LogP) is 4.14. The van der Waals surface area contributed by atoms with Gasteiger partial charge in [-0.25, -0.2) is 9.97 Å². The Labute approximate surface area is 133 Å². The van der Waals surface area contributed by atoms with E-state index < -0.39 is 0 Å². The quantitative estimate of drug-likeness (QED) is 0.735. The van der Waals surface area contributed by atoms with Crippen molar-refractivity contribution in [1.29, 1.82) is 0 Å². The van der Waals surface area contributed by atoms with Crippen molar-refractivity contribution in [2.75, 3.05) is 5.73 Å². The smallest absolute Gasteiger partial charge is 0.221 e. The molecule has 22 heavy (non-hydrogen) atoms. The summed E-state index contributed by atoms with van der Waals surface area (Å²) in [5.41, 5.74) is 12.5. The molecule has 4 heteroatoms. The van der Waals surface area contributed by atoms with E-state index in [9.17, 15) is 0 Å². The van der Waals surface area contributed by atoms with E-state index in [1.807, 2.05) is 30.3 Å². The number of anilines is 1. The number of nitrogens with zero attached hydrogens (tertiary/aromatic N) is 2. The third-order valence-corrected chi connectivity index (χ3v) is 4.31. The molecular weight excluding hydrogens is 294 g/mol. The summed E-state index contributed by atoms with van der Waals surface area (Å²) in [5.74, 6) is 0.306. The maximum atomic E-state index is 5.98. The first-order chi connectivity index (χ1) is 10.7. The zero-order valence-electron chi connectivity index (χ0n) is 11.9. The molecule has 0 atom stereocenters. The fourth-order valence-electron chi connectivity index (χ4n) is 3.04. The molecule has 0 fully saturated rings. The van der Waals surface area contributed by atoms with Crippen LogP contribution in [-0.4, -0.2) is 9.97 Å². The molecule has 0 aliphatic heterocycles. The first-order valence-corrected chi connectivity index (χ1v) is 7.61. The van der Waals surface area contributed by atoms with Crippen molar-refractivity contribution in [3.63, 3.8) is 0 Å². The van der Waals surface area contributed by atoms with E-state index in [0.717, 1.165) is 40.9 Å². The van der Waals surface area contributed by atoms with Crippen molar-refractivity contribution in [2.45, 2.75) is 12.8 Å². The number of rotatable bonds is 1. The van der Waals surface area contributed by atoms with Gasteiger partial charge in [-0.1, -0.05) is 48.0 Å². The van der Waals surface area contributed by atoms with Gasteiger partial charge in [0.15, 0.2) is 0 Å². The number of nitrogen functional groups attached to an aromatic ring is 1. The SMILES string of the molecule is Nc1nc(-c2ccc(Cl)cc2)c2c(n1)-c1ccccc1CC2. The zero-order chi connectivity index (χ0) is 15.1. The Hall–Kier alpha value is -2.39. The monoisotopic (exact) mass is 307 g/mol. The van der Waals surface area contributed by atoms with Crippen LogP contribution in [-0.2, 0) is 12.8 Å². The fourth-order valence-corrected chi connectivity index (χ4v) is 3.16. The molecule has 0 bridgehead atoms. The van der Waals surface area contributed by atoms with E-state index in [1.165, 1.54) is 5.56 Å². The van der Waals surface area contributed by atoms with Gasteiger partial charge >= 0.3 is 0 Å². The minimum absolute atomic E-state index is 0.306. The van der Waals surface area contributed by atoms with Gasteiger partial charge in [-0.3, -0.25) is 0 Å².